The molecule has 0 bridgehead atoms. The lowest BCUT2D eigenvalue weighted by molar-refractivity contribution is 0.0170. The Morgan fingerprint density at radius 1 is 1.10 bits per heavy atom. The number of morpholine rings is 1. The predicted molar refractivity (Wildman–Crippen MR) is 135 cm³/mol. The minimum Gasteiger partial charge on any atom is -0.379 e. The van der Waals surface area contributed by atoms with Crippen LogP contribution in [0.2, 0.25) is 0 Å². The minimum absolute atomic E-state index is 0. The van der Waals surface area contributed by atoms with Crippen molar-refractivity contribution in [3.63, 3.8) is 0 Å². The molecule has 1 atom stereocenters. The van der Waals surface area contributed by atoms with Crippen LogP contribution < -0.4 is 10.6 Å². The van der Waals surface area contributed by atoms with Crippen LogP contribution in [0.1, 0.15) is 49.4 Å². The first-order valence-electron chi connectivity index (χ1n) is 11.1. The molecule has 8 heteroatoms. The fourth-order valence-corrected chi connectivity index (χ4v) is 3.83. The number of rotatable bonds is 9. The monoisotopic (exact) mass is 541 g/mol. The normalized spacial score (nSPS) is 15.9. The smallest absolute Gasteiger partial charge is 0.191 e. The molecule has 0 amide bonds. The van der Waals surface area contributed by atoms with Crippen LogP contribution in [-0.4, -0.2) is 55.4 Å². The third kappa shape index (κ3) is 7.18. The van der Waals surface area contributed by atoms with Crippen LogP contribution >= 0.6 is 24.0 Å². The maximum Gasteiger partial charge on any atom is 0.191 e. The van der Waals surface area contributed by atoms with Crippen molar-refractivity contribution < 1.29 is 9.26 Å². The molecule has 1 fully saturated rings. The van der Waals surface area contributed by atoms with Crippen molar-refractivity contribution in [2.45, 2.75) is 46.2 Å². The molecule has 1 aromatic heterocycles. The van der Waals surface area contributed by atoms with Gasteiger partial charge in [-0.05, 0) is 18.9 Å². The number of hydrogen-bond donors (Lipinski definition) is 2. The number of hydrogen-bond acceptors (Lipinski definition) is 5. The van der Waals surface area contributed by atoms with Gasteiger partial charge in [0.2, 0.25) is 0 Å². The van der Waals surface area contributed by atoms with Gasteiger partial charge in [0.25, 0.3) is 0 Å². The van der Waals surface area contributed by atoms with Crippen LogP contribution in [0.25, 0.3) is 0 Å². The molecule has 0 aliphatic carbocycles. The van der Waals surface area contributed by atoms with Crippen LogP contribution in [0.3, 0.4) is 0 Å². The Balaban J connectivity index is 0.00000341. The summed E-state index contributed by atoms with van der Waals surface area (Å²) in [6.45, 7) is 11.9. The summed E-state index contributed by atoms with van der Waals surface area (Å²) in [6, 6.07) is 10.9. The molecule has 0 spiro atoms. The third-order valence-electron chi connectivity index (χ3n) is 5.48. The van der Waals surface area contributed by atoms with Gasteiger partial charge in [0, 0.05) is 38.2 Å². The maximum atomic E-state index is 5.56. The van der Waals surface area contributed by atoms with Gasteiger partial charge in [0.05, 0.1) is 31.5 Å². The lowest BCUT2D eigenvalue weighted by Gasteiger charge is -2.35. The number of aliphatic imine (C=N–C) groups is 1. The summed E-state index contributed by atoms with van der Waals surface area (Å²) < 4.78 is 11.0. The first kappa shape index (κ1) is 25.6. The van der Waals surface area contributed by atoms with Gasteiger partial charge in [0.15, 0.2) is 5.96 Å². The number of guanidine groups is 1. The van der Waals surface area contributed by atoms with Gasteiger partial charge in [-0.15, -0.1) is 24.0 Å². The zero-order valence-corrected chi connectivity index (χ0v) is 21.2. The van der Waals surface area contributed by atoms with E-state index < -0.39 is 0 Å². The number of nitrogens with zero attached hydrogens (tertiary/aromatic N) is 3. The summed E-state index contributed by atoms with van der Waals surface area (Å²) in [5, 5.41) is 11.1. The van der Waals surface area contributed by atoms with E-state index in [4.69, 9.17) is 14.3 Å². The van der Waals surface area contributed by atoms with Crippen molar-refractivity contribution >= 4 is 29.9 Å². The Hall–Kier alpha value is -1.65. The van der Waals surface area contributed by atoms with Gasteiger partial charge in [-0.25, -0.2) is 4.99 Å². The van der Waals surface area contributed by atoms with E-state index in [1.165, 1.54) is 5.56 Å². The second kappa shape index (κ2) is 13.7. The fraction of sp³-hybridized carbons (Fsp3) is 0.565. The zero-order valence-electron chi connectivity index (χ0n) is 18.9. The highest BCUT2D eigenvalue weighted by atomic mass is 127. The average molecular weight is 541 g/mol. The molecule has 2 heterocycles. The topological polar surface area (TPSA) is 74.9 Å². The molecule has 1 unspecified atom stereocenters. The molecule has 3 rings (SSSR count). The summed E-state index contributed by atoms with van der Waals surface area (Å²) in [5.41, 5.74) is 3.43. The number of benzene rings is 1. The summed E-state index contributed by atoms with van der Waals surface area (Å²) in [6.07, 6.45) is 1.68. The molecule has 0 saturated carbocycles. The lowest BCUT2D eigenvalue weighted by atomic mass is 10.0. The SMILES string of the molecule is CCNC(=NCc1c(CC)noc1CC)NCC(c1ccccc1)N1CCOCC1.I. The molecule has 1 aromatic carbocycles. The van der Waals surface area contributed by atoms with Crippen LogP contribution in [0, 0.1) is 0 Å². The van der Waals surface area contributed by atoms with Gasteiger partial charge in [-0.3, -0.25) is 4.90 Å². The molecular formula is C23H36IN5O2. The first-order valence-corrected chi connectivity index (χ1v) is 11.1. The highest BCUT2D eigenvalue weighted by molar-refractivity contribution is 14.0. The van der Waals surface area contributed by atoms with Crippen molar-refractivity contribution in [2.24, 2.45) is 4.99 Å². The Morgan fingerprint density at radius 2 is 1.84 bits per heavy atom. The summed E-state index contributed by atoms with van der Waals surface area (Å²) >= 11 is 0. The number of halogens is 1. The highest BCUT2D eigenvalue weighted by Gasteiger charge is 2.23. The molecule has 7 nitrogen and oxygen atoms in total. The van der Waals surface area contributed by atoms with Crippen molar-refractivity contribution in [1.82, 2.24) is 20.7 Å². The molecular weight excluding hydrogens is 505 g/mol. The van der Waals surface area contributed by atoms with E-state index in [1.807, 2.05) is 0 Å². The Labute approximate surface area is 203 Å². The average Bonchev–Trinajstić information content (AvgIpc) is 3.21. The van der Waals surface area contributed by atoms with E-state index in [2.05, 4.69) is 71.8 Å². The summed E-state index contributed by atoms with van der Waals surface area (Å²) in [5.74, 6) is 1.75. The molecule has 0 radical (unpaired) electrons. The standard InChI is InChI=1S/C23H35N5O2.HI/c1-4-20-19(22(5-2)30-27-20)16-25-23(24-6-3)26-17-21(18-10-8-7-9-11-18)28-12-14-29-15-13-28;/h7-11,21H,4-6,12-17H2,1-3H3,(H2,24,25,26);1H. The van der Waals surface area contributed by atoms with E-state index >= 15 is 0 Å². The van der Waals surface area contributed by atoms with Gasteiger partial charge in [-0.1, -0.05) is 49.3 Å². The molecule has 1 saturated heterocycles. The molecule has 2 N–H and O–H groups in total. The van der Waals surface area contributed by atoms with E-state index in [-0.39, 0.29) is 30.0 Å². The Kier molecular flexibility index (Phi) is 11.3. The Morgan fingerprint density at radius 3 is 2.48 bits per heavy atom. The van der Waals surface area contributed by atoms with Gasteiger partial charge >= 0.3 is 0 Å². The lowest BCUT2D eigenvalue weighted by Crippen LogP contribution is -2.46. The van der Waals surface area contributed by atoms with Gasteiger partial charge in [0.1, 0.15) is 5.76 Å². The van der Waals surface area contributed by atoms with Gasteiger partial charge in [-0.2, -0.15) is 0 Å². The van der Waals surface area contributed by atoms with Crippen molar-refractivity contribution in [1.29, 1.82) is 0 Å². The molecule has 172 valence electrons. The van der Waals surface area contributed by atoms with E-state index in [9.17, 15) is 0 Å². The highest BCUT2D eigenvalue weighted by Crippen LogP contribution is 2.21. The predicted octanol–water partition coefficient (Wildman–Crippen LogP) is 3.55. The van der Waals surface area contributed by atoms with E-state index in [0.29, 0.717) is 6.54 Å². The summed E-state index contributed by atoms with van der Waals surface area (Å²) in [4.78, 5) is 7.32. The largest absolute Gasteiger partial charge is 0.379 e. The van der Waals surface area contributed by atoms with Gasteiger partial charge < -0.3 is 19.9 Å². The molecule has 31 heavy (non-hydrogen) atoms. The quantitative estimate of drug-likeness (QED) is 0.288. The van der Waals surface area contributed by atoms with Crippen LogP contribution in [0.5, 0.6) is 0 Å². The number of ether oxygens (including phenoxy) is 1. The second-order valence-electron chi connectivity index (χ2n) is 7.39. The van der Waals surface area contributed by atoms with E-state index in [1.54, 1.807) is 0 Å². The molecule has 1 aliphatic rings. The van der Waals surface area contributed by atoms with Crippen molar-refractivity contribution in [3.05, 3.63) is 52.9 Å². The number of nitrogens with one attached hydrogen (secondary N) is 2. The summed E-state index contributed by atoms with van der Waals surface area (Å²) in [7, 11) is 0. The molecule has 1 aliphatic heterocycles. The Bertz CT molecular complexity index is 769. The maximum absolute atomic E-state index is 5.56. The number of aromatic nitrogens is 1. The van der Waals surface area contributed by atoms with Crippen LogP contribution in [0.4, 0.5) is 0 Å². The number of aryl methyl sites for hydroxylation is 2. The minimum atomic E-state index is 0. The first-order chi connectivity index (χ1) is 14.8. The van der Waals surface area contributed by atoms with E-state index in [0.717, 1.165) is 75.2 Å². The second-order valence-corrected chi connectivity index (χ2v) is 7.39. The van der Waals surface area contributed by atoms with Crippen LogP contribution in [-0.2, 0) is 24.1 Å². The fourth-order valence-electron chi connectivity index (χ4n) is 3.83. The van der Waals surface area contributed by atoms with Crippen LogP contribution in [0.15, 0.2) is 39.8 Å². The zero-order chi connectivity index (χ0) is 21.2. The van der Waals surface area contributed by atoms with Crippen molar-refractivity contribution in [2.75, 3.05) is 39.4 Å². The van der Waals surface area contributed by atoms with Crippen molar-refractivity contribution in [3.8, 4) is 0 Å². The molecule has 2 aromatic rings. The third-order valence-corrected chi connectivity index (χ3v) is 5.48.